The Bertz CT molecular complexity index is 1010. The number of nitrogens with zero attached hydrogens (tertiary/aromatic N) is 5. The SMILES string of the molecule is FC(F)(F)C1(c2cc(Cl)cc(Cl)c2)CN=C(c2ccc(-n3ncnn3)cc2)C1. The van der Waals surface area contributed by atoms with E-state index in [1.807, 2.05) is 0 Å². The summed E-state index contributed by atoms with van der Waals surface area (Å²) in [5.41, 5.74) is -0.541. The van der Waals surface area contributed by atoms with Gasteiger partial charge in [-0.25, -0.2) is 0 Å². The summed E-state index contributed by atoms with van der Waals surface area (Å²) in [4.78, 5) is 5.53. The standard InChI is InChI=1S/C18H12Cl2F3N5/c19-13-5-12(6-14(20)7-13)17(18(21,22)23)8-16(24-9-17)11-1-3-15(4-2-11)28-26-10-25-27-28/h1-7,10H,8-9H2. The second-order valence-corrected chi connectivity index (χ2v) is 7.32. The summed E-state index contributed by atoms with van der Waals surface area (Å²) < 4.78 is 42.4. The molecular formula is C18H12Cl2F3N5. The van der Waals surface area contributed by atoms with Crippen molar-refractivity contribution in [2.45, 2.75) is 18.0 Å². The van der Waals surface area contributed by atoms with Crippen molar-refractivity contribution < 1.29 is 13.2 Å². The van der Waals surface area contributed by atoms with Gasteiger partial charge in [0.25, 0.3) is 0 Å². The van der Waals surface area contributed by atoms with Gasteiger partial charge in [0.1, 0.15) is 5.41 Å². The average molecular weight is 426 g/mol. The Kier molecular flexibility index (Phi) is 4.63. The predicted octanol–water partition coefficient (Wildman–Crippen LogP) is 4.66. The second kappa shape index (κ2) is 6.86. The van der Waals surface area contributed by atoms with Crippen molar-refractivity contribution in [3.63, 3.8) is 0 Å². The van der Waals surface area contributed by atoms with Crippen LogP contribution in [0.2, 0.25) is 10.0 Å². The first kappa shape index (κ1) is 18.9. The minimum absolute atomic E-state index is 0.0136. The maximum Gasteiger partial charge on any atom is 0.400 e. The van der Waals surface area contributed by atoms with Gasteiger partial charge in [0.2, 0.25) is 0 Å². The van der Waals surface area contributed by atoms with Crippen LogP contribution in [0.4, 0.5) is 13.2 Å². The topological polar surface area (TPSA) is 56.0 Å². The number of hydrogen-bond acceptors (Lipinski definition) is 4. The van der Waals surface area contributed by atoms with Gasteiger partial charge in [-0.3, -0.25) is 4.99 Å². The van der Waals surface area contributed by atoms with Crippen molar-refractivity contribution in [2.24, 2.45) is 4.99 Å². The van der Waals surface area contributed by atoms with Gasteiger partial charge in [0.15, 0.2) is 6.33 Å². The van der Waals surface area contributed by atoms with Gasteiger partial charge in [0, 0.05) is 22.2 Å². The molecule has 0 bridgehead atoms. The number of halogens is 5. The molecule has 0 saturated heterocycles. The monoisotopic (exact) mass is 425 g/mol. The Morgan fingerprint density at radius 1 is 1.00 bits per heavy atom. The third-order valence-corrected chi connectivity index (χ3v) is 5.18. The van der Waals surface area contributed by atoms with Crippen LogP contribution in [-0.4, -0.2) is 38.6 Å². The molecule has 0 spiro atoms. The van der Waals surface area contributed by atoms with Gasteiger partial charge in [-0.15, -0.1) is 15.0 Å². The summed E-state index contributed by atoms with van der Waals surface area (Å²) in [6, 6.07) is 10.8. The minimum atomic E-state index is -4.52. The molecule has 0 amide bonds. The lowest BCUT2D eigenvalue weighted by atomic mass is 9.76. The number of benzene rings is 2. The van der Waals surface area contributed by atoms with E-state index in [1.54, 1.807) is 24.3 Å². The molecule has 1 aliphatic rings. The van der Waals surface area contributed by atoms with Gasteiger partial charge in [-0.2, -0.15) is 13.2 Å². The van der Waals surface area contributed by atoms with Crippen molar-refractivity contribution in [3.05, 3.63) is 70.0 Å². The summed E-state index contributed by atoms with van der Waals surface area (Å²) in [7, 11) is 0. The molecule has 4 rings (SSSR count). The molecule has 2 heterocycles. The first-order valence-electron chi connectivity index (χ1n) is 8.19. The third kappa shape index (κ3) is 3.27. The molecule has 144 valence electrons. The molecule has 1 unspecified atom stereocenters. The van der Waals surface area contributed by atoms with Gasteiger partial charge < -0.3 is 0 Å². The Labute approximate surface area is 167 Å². The van der Waals surface area contributed by atoms with Crippen molar-refractivity contribution in [1.82, 2.24) is 20.2 Å². The van der Waals surface area contributed by atoms with Gasteiger partial charge in [0.05, 0.1) is 12.2 Å². The maximum absolute atomic E-state index is 14.1. The van der Waals surface area contributed by atoms with Gasteiger partial charge in [-0.1, -0.05) is 35.3 Å². The lowest BCUT2D eigenvalue weighted by Gasteiger charge is -2.31. The lowest BCUT2D eigenvalue weighted by Crippen LogP contribution is -2.43. The highest BCUT2D eigenvalue weighted by molar-refractivity contribution is 6.34. The molecule has 1 aliphatic heterocycles. The van der Waals surface area contributed by atoms with Crippen LogP contribution in [-0.2, 0) is 5.41 Å². The number of rotatable bonds is 3. The van der Waals surface area contributed by atoms with Crippen molar-refractivity contribution in [2.75, 3.05) is 6.54 Å². The van der Waals surface area contributed by atoms with E-state index in [2.05, 4.69) is 20.4 Å². The molecule has 1 aromatic heterocycles. The smallest absolute Gasteiger partial charge is 0.288 e. The quantitative estimate of drug-likeness (QED) is 0.612. The molecule has 2 aromatic carbocycles. The average Bonchev–Trinajstić information content (AvgIpc) is 3.31. The molecule has 0 saturated carbocycles. The van der Waals surface area contributed by atoms with Crippen LogP contribution >= 0.6 is 23.2 Å². The lowest BCUT2D eigenvalue weighted by molar-refractivity contribution is -0.183. The zero-order valence-electron chi connectivity index (χ0n) is 14.2. The van der Waals surface area contributed by atoms with E-state index in [4.69, 9.17) is 23.2 Å². The van der Waals surface area contributed by atoms with Crippen LogP contribution < -0.4 is 0 Å². The minimum Gasteiger partial charge on any atom is -0.288 e. The molecule has 5 nitrogen and oxygen atoms in total. The van der Waals surface area contributed by atoms with Gasteiger partial charge in [-0.05, 0) is 46.7 Å². The Balaban J connectivity index is 1.67. The predicted molar refractivity (Wildman–Crippen MR) is 99.4 cm³/mol. The first-order chi connectivity index (χ1) is 13.3. The largest absolute Gasteiger partial charge is 0.400 e. The summed E-state index contributed by atoms with van der Waals surface area (Å²) in [6.45, 7) is -0.422. The highest BCUT2D eigenvalue weighted by Crippen LogP contribution is 2.48. The van der Waals surface area contributed by atoms with E-state index < -0.39 is 18.1 Å². The van der Waals surface area contributed by atoms with Crippen LogP contribution in [0.3, 0.4) is 0 Å². The van der Waals surface area contributed by atoms with E-state index in [0.717, 1.165) is 0 Å². The zero-order chi connectivity index (χ0) is 19.9. The van der Waals surface area contributed by atoms with E-state index in [1.165, 1.54) is 29.3 Å². The highest BCUT2D eigenvalue weighted by atomic mass is 35.5. The molecule has 0 aliphatic carbocycles. The fourth-order valence-electron chi connectivity index (χ4n) is 3.27. The molecule has 10 heteroatoms. The summed E-state index contributed by atoms with van der Waals surface area (Å²) in [5.74, 6) is 0. The van der Waals surface area contributed by atoms with Crippen molar-refractivity contribution in [3.8, 4) is 5.69 Å². The number of alkyl halides is 3. The number of hydrogen-bond donors (Lipinski definition) is 0. The van der Waals surface area contributed by atoms with Crippen LogP contribution in [0.1, 0.15) is 17.5 Å². The summed E-state index contributed by atoms with van der Waals surface area (Å²) >= 11 is 11.9. The Morgan fingerprint density at radius 2 is 1.68 bits per heavy atom. The van der Waals surface area contributed by atoms with Crippen LogP contribution in [0.5, 0.6) is 0 Å². The number of tetrazole rings is 1. The van der Waals surface area contributed by atoms with Crippen molar-refractivity contribution >= 4 is 28.9 Å². The molecule has 3 aromatic rings. The van der Waals surface area contributed by atoms with Crippen LogP contribution in [0.15, 0.2) is 53.8 Å². The molecule has 1 atom stereocenters. The molecule has 0 N–H and O–H groups in total. The van der Waals surface area contributed by atoms with Crippen LogP contribution in [0, 0.1) is 0 Å². The Hall–Kier alpha value is -2.45. The highest BCUT2D eigenvalue weighted by Gasteiger charge is 2.58. The van der Waals surface area contributed by atoms with Gasteiger partial charge >= 0.3 is 6.18 Å². The summed E-state index contributed by atoms with van der Waals surface area (Å²) in [6.07, 6.45) is -3.52. The summed E-state index contributed by atoms with van der Waals surface area (Å²) in [5, 5.41) is 11.6. The van der Waals surface area contributed by atoms with E-state index in [0.29, 0.717) is 17.0 Å². The first-order valence-corrected chi connectivity index (χ1v) is 8.94. The Morgan fingerprint density at radius 3 is 2.25 bits per heavy atom. The van der Waals surface area contributed by atoms with Crippen LogP contribution in [0.25, 0.3) is 5.69 Å². The third-order valence-electron chi connectivity index (χ3n) is 4.75. The molecular weight excluding hydrogens is 414 g/mol. The fraction of sp³-hybridized carbons (Fsp3) is 0.222. The second-order valence-electron chi connectivity index (χ2n) is 6.45. The molecule has 28 heavy (non-hydrogen) atoms. The molecule has 0 fully saturated rings. The van der Waals surface area contributed by atoms with E-state index in [-0.39, 0.29) is 22.0 Å². The zero-order valence-corrected chi connectivity index (χ0v) is 15.7. The molecule has 0 radical (unpaired) electrons. The van der Waals surface area contributed by atoms with E-state index >= 15 is 0 Å². The number of aromatic nitrogens is 4. The fourth-order valence-corrected chi connectivity index (χ4v) is 3.80. The number of aliphatic imine (C=N–C) groups is 1. The van der Waals surface area contributed by atoms with E-state index in [9.17, 15) is 13.2 Å². The van der Waals surface area contributed by atoms with Crippen molar-refractivity contribution in [1.29, 1.82) is 0 Å². The normalized spacial score (nSPS) is 19.7. The maximum atomic E-state index is 14.1.